The summed E-state index contributed by atoms with van der Waals surface area (Å²) in [6, 6.07) is 9.46. The molecule has 126 valence electrons. The standard InChI is InChI=1S/C16H12N4O5/c1-9-5-3-7-11(13(9)19(21)22)15-17-18-16(25-15)12-8-4-6-10(2)14(12)20(23)24/h3-8H,1-2H3. The summed E-state index contributed by atoms with van der Waals surface area (Å²) in [5.41, 5.74) is 0.943. The van der Waals surface area contributed by atoms with E-state index in [4.69, 9.17) is 4.42 Å². The van der Waals surface area contributed by atoms with Crippen molar-refractivity contribution in [2.24, 2.45) is 0 Å². The maximum absolute atomic E-state index is 11.3. The van der Waals surface area contributed by atoms with Crippen LogP contribution in [0.3, 0.4) is 0 Å². The predicted molar refractivity (Wildman–Crippen MR) is 88.0 cm³/mol. The zero-order valence-electron chi connectivity index (χ0n) is 13.3. The number of aromatic nitrogens is 2. The van der Waals surface area contributed by atoms with Crippen molar-refractivity contribution in [2.75, 3.05) is 0 Å². The van der Waals surface area contributed by atoms with Gasteiger partial charge in [0.2, 0.25) is 0 Å². The first kappa shape index (κ1) is 16.2. The van der Waals surface area contributed by atoms with Crippen molar-refractivity contribution in [1.29, 1.82) is 0 Å². The molecule has 0 atom stereocenters. The number of aryl methyl sites for hydroxylation is 2. The van der Waals surface area contributed by atoms with Gasteiger partial charge in [0.25, 0.3) is 23.2 Å². The fourth-order valence-corrected chi connectivity index (χ4v) is 2.59. The van der Waals surface area contributed by atoms with Crippen LogP contribution in [0.15, 0.2) is 40.8 Å². The predicted octanol–water partition coefficient (Wildman–Crippen LogP) is 3.84. The van der Waals surface area contributed by atoms with Crippen LogP contribution in [0.1, 0.15) is 11.1 Å². The summed E-state index contributed by atoms with van der Waals surface area (Å²) in [5.74, 6) is -0.137. The molecule has 9 heteroatoms. The van der Waals surface area contributed by atoms with Gasteiger partial charge >= 0.3 is 0 Å². The van der Waals surface area contributed by atoms with Gasteiger partial charge < -0.3 is 4.42 Å². The van der Waals surface area contributed by atoms with Crippen LogP contribution in [0.4, 0.5) is 11.4 Å². The smallest absolute Gasteiger partial charge is 0.284 e. The van der Waals surface area contributed by atoms with E-state index in [9.17, 15) is 20.2 Å². The number of hydrogen-bond donors (Lipinski definition) is 0. The first-order valence-electron chi connectivity index (χ1n) is 7.22. The van der Waals surface area contributed by atoms with Crippen LogP contribution < -0.4 is 0 Å². The van der Waals surface area contributed by atoms with Crippen LogP contribution in [-0.4, -0.2) is 20.0 Å². The van der Waals surface area contributed by atoms with Gasteiger partial charge in [0.15, 0.2) is 0 Å². The van der Waals surface area contributed by atoms with Crippen molar-refractivity contribution in [3.63, 3.8) is 0 Å². The molecule has 25 heavy (non-hydrogen) atoms. The van der Waals surface area contributed by atoms with E-state index in [1.165, 1.54) is 12.1 Å². The molecule has 3 rings (SSSR count). The Morgan fingerprint density at radius 1 is 0.800 bits per heavy atom. The molecule has 0 spiro atoms. The Labute approximate surface area is 141 Å². The average Bonchev–Trinajstić information content (AvgIpc) is 3.03. The molecule has 0 radical (unpaired) electrons. The summed E-state index contributed by atoms with van der Waals surface area (Å²) in [6.45, 7) is 3.20. The van der Waals surface area contributed by atoms with Gasteiger partial charge in [-0.15, -0.1) is 10.2 Å². The molecule has 1 aromatic heterocycles. The normalized spacial score (nSPS) is 10.6. The molecule has 2 aromatic carbocycles. The molecule has 0 amide bonds. The van der Waals surface area contributed by atoms with Crippen LogP contribution >= 0.6 is 0 Å². The lowest BCUT2D eigenvalue weighted by Gasteiger charge is -2.02. The van der Waals surface area contributed by atoms with Gasteiger partial charge in [0.1, 0.15) is 11.1 Å². The summed E-state index contributed by atoms with van der Waals surface area (Å²) in [4.78, 5) is 21.6. The van der Waals surface area contributed by atoms with E-state index in [0.29, 0.717) is 11.1 Å². The summed E-state index contributed by atoms with van der Waals surface area (Å²) in [5, 5.41) is 30.3. The van der Waals surface area contributed by atoms with E-state index in [0.717, 1.165) is 0 Å². The highest BCUT2D eigenvalue weighted by Gasteiger charge is 2.26. The average molecular weight is 340 g/mol. The van der Waals surface area contributed by atoms with Crippen molar-refractivity contribution >= 4 is 11.4 Å². The van der Waals surface area contributed by atoms with Gasteiger partial charge in [0, 0.05) is 11.1 Å². The van der Waals surface area contributed by atoms with Crippen molar-refractivity contribution in [2.45, 2.75) is 13.8 Å². The van der Waals surface area contributed by atoms with Crippen LogP contribution in [-0.2, 0) is 0 Å². The van der Waals surface area contributed by atoms with Crippen LogP contribution in [0.25, 0.3) is 22.9 Å². The van der Waals surface area contributed by atoms with Crippen LogP contribution in [0.5, 0.6) is 0 Å². The fraction of sp³-hybridized carbons (Fsp3) is 0.125. The lowest BCUT2D eigenvalue weighted by molar-refractivity contribution is -0.384. The molecule has 3 aromatic rings. The van der Waals surface area contributed by atoms with Gasteiger partial charge in [-0.25, -0.2) is 0 Å². The minimum Gasteiger partial charge on any atom is -0.416 e. The molecule has 0 bridgehead atoms. The van der Waals surface area contributed by atoms with Gasteiger partial charge in [-0.3, -0.25) is 20.2 Å². The molecular weight excluding hydrogens is 328 g/mol. The van der Waals surface area contributed by atoms with Crippen LogP contribution in [0, 0.1) is 34.1 Å². The quantitative estimate of drug-likeness (QED) is 0.521. The van der Waals surface area contributed by atoms with Crippen LogP contribution in [0.2, 0.25) is 0 Å². The van der Waals surface area contributed by atoms with Gasteiger partial charge in [0.05, 0.1) is 9.85 Å². The zero-order chi connectivity index (χ0) is 18.1. The van der Waals surface area contributed by atoms with Crippen molar-refractivity contribution in [3.8, 4) is 22.9 Å². The number of benzene rings is 2. The molecule has 0 saturated carbocycles. The third-order valence-corrected chi connectivity index (χ3v) is 3.73. The monoisotopic (exact) mass is 340 g/mol. The minimum atomic E-state index is -0.524. The Morgan fingerprint density at radius 3 is 1.56 bits per heavy atom. The third-order valence-electron chi connectivity index (χ3n) is 3.73. The second-order valence-electron chi connectivity index (χ2n) is 5.37. The third kappa shape index (κ3) is 2.82. The molecule has 9 nitrogen and oxygen atoms in total. The second-order valence-corrected chi connectivity index (χ2v) is 5.37. The van der Waals surface area contributed by atoms with E-state index in [1.54, 1.807) is 38.1 Å². The Bertz CT molecular complexity index is 918. The van der Waals surface area contributed by atoms with Gasteiger partial charge in [-0.2, -0.15) is 0 Å². The molecule has 0 fully saturated rings. The molecule has 1 heterocycles. The maximum Gasteiger partial charge on any atom is 0.284 e. The number of rotatable bonds is 4. The zero-order valence-corrected chi connectivity index (χ0v) is 13.3. The first-order valence-corrected chi connectivity index (χ1v) is 7.22. The molecule has 0 aliphatic carbocycles. The number of para-hydroxylation sites is 2. The van der Waals surface area contributed by atoms with E-state index in [2.05, 4.69) is 10.2 Å². The lowest BCUT2D eigenvalue weighted by atomic mass is 10.1. The fourth-order valence-electron chi connectivity index (χ4n) is 2.59. The van der Waals surface area contributed by atoms with Crippen molar-refractivity contribution < 1.29 is 14.3 Å². The van der Waals surface area contributed by atoms with E-state index in [-0.39, 0.29) is 34.3 Å². The number of hydrogen-bond acceptors (Lipinski definition) is 7. The lowest BCUT2D eigenvalue weighted by Crippen LogP contribution is -1.95. The largest absolute Gasteiger partial charge is 0.416 e. The minimum absolute atomic E-state index is 0.0683. The Hall–Kier alpha value is -3.62. The molecular formula is C16H12N4O5. The van der Waals surface area contributed by atoms with E-state index in [1.807, 2.05) is 0 Å². The van der Waals surface area contributed by atoms with E-state index >= 15 is 0 Å². The second kappa shape index (κ2) is 6.11. The highest BCUT2D eigenvalue weighted by molar-refractivity contribution is 5.72. The van der Waals surface area contributed by atoms with E-state index < -0.39 is 9.85 Å². The summed E-state index contributed by atoms with van der Waals surface area (Å²) in [7, 11) is 0. The number of nitrogens with zero attached hydrogens (tertiary/aromatic N) is 4. The maximum atomic E-state index is 11.3. The topological polar surface area (TPSA) is 125 Å². The Balaban J connectivity index is 2.15. The van der Waals surface area contributed by atoms with Crippen molar-refractivity contribution in [3.05, 3.63) is 67.8 Å². The molecule has 0 N–H and O–H groups in total. The molecule has 0 saturated heterocycles. The van der Waals surface area contributed by atoms with Crippen molar-refractivity contribution in [1.82, 2.24) is 10.2 Å². The summed E-state index contributed by atoms with van der Waals surface area (Å²) >= 11 is 0. The SMILES string of the molecule is Cc1cccc(-c2nnc(-c3cccc(C)c3[N+](=O)[O-])o2)c1[N+](=O)[O-]. The molecule has 0 aliphatic heterocycles. The number of nitro groups is 2. The molecule has 0 unspecified atom stereocenters. The summed E-state index contributed by atoms with van der Waals surface area (Å²) < 4.78 is 5.52. The molecule has 0 aliphatic rings. The highest BCUT2D eigenvalue weighted by Crippen LogP contribution is 2.36. The number of nitro benzene ring substituents is 2. The highest BCUT2D eigenvalue weighted by atomic mass is 16.6. The Kier molecular flexibility index (Phi) is 3.97. The summed E-state index contributed by atoms with van der Waals surface area (Å²) in [6.07, 6.45) is 0. The first-order chi connectivity index (χ1) is 11.9. The van der Waals surface area contributed by atoms with Gasteiger partial charge in [-0.05, 0) is 26.0 Å². The Morgan fingerprint density at radius 2 is 1.20 bits per heavy atom. The van der Waals surface area contributed by atoms with Gasteiger partial charge in [-0.1, -0.05) is 24.3 Å².